The second-order valence-electron chi connectivity index (χ2n) is 14.2. The quantitative estimate of drug-likeness (QED) is 0.0379. The Morgan fingerprint density at radius 2 is 0.961 bits per heavy atom. The molecule has 2 rings (SSSR count). The van der Waals surface area contributed by atoms with E-state index < -0.39 is 17.0 Å². The van der Waals surface area contributed by atoms with Gasteiger partial charge in [0.1, 0.15) is 11.7 Å². The molecule has 1 aromatic heterocycles. The van der Waals surface area contributed by atoms with Crippen LogP contribution in [0.4, 0.5) is 0 Å². The highest BCUT2D eigenvalue weighted by Crippen LogP contribution is 2.21. The van der Waals surface area contributed by atoms with Crippen molar-refractivity contribution in [3.8, 4) is 0 Å². The zero-order valence-electron chi connectivity index (χ0n) is 33.6. The number of para-hydroxylation sites is 2. The molecule has 0 spiro atoms. The third-order valence-corrected chi connectivity index (χ3v) is 9.43. The second kappa shape index (κ2) is 37.8. The van der Waals surface area contributed by atoms with Gasteiger partial charge in [-0.3, -0.25) is 9.59 Å². The molecule has 1 unspecified atom stereocenters. The molecule has 0 bridgehead atoms. The Morgan fingerprint density at radius 1 is 0.608 bits per heavy atom. The maximum absolute atomic E-state index is 11.1. The fraction of sp³-hybridized carbons (Fsp3) is 0.791. The number of nitrogens with zero attached hydrogens (tertiary/aromatic N) is 1. The maximum Gasteiger partial charge on any atom is 0.314 e. The molecule has 1 atom stereocenters. The van der Waals surface area contributed by atoms with Crippen molar-refractivity contribution in [2.45, 2.75) is 194 Å². The van der Waals surface area contributed by atoms with Crippen LogP contribution in [0.1, 0.15) is 200 Å². The van der Waals surface area contributed by atoms with E-state index in [1.807, 2.05) is 12.1 Å². The van der Waals surface area contributed by atoms with Gasteiger partial charge in [0.2, 0.25) is 0 Å². The Labute approximate surface area is 319 Å². The minimum absolute atomic E-state index is 0.182. The lowest BCUT2D eigenvalue weighted by Gasteiger charge is -2.05. The highest BCUT2D eigenvalue weighted by molar-refractivity contribution is 7.96. The molecular formula is C43H80N4O3S. The molecule has 0 amide bonds. The van der Waals surface area contributed by atoms with Crippen LogP contribution in [0.2, 0.25) is 0 Å². The van der Waals surface area contributed by atoms with Gasteiger partial charge in [0.15, 0.2) is 5.12 Å². The third-order valence-electron chi connectivity index (χ3n) is 9.24. The molecule has 1 aromatic carbocycles. The molecule has 0 aliphatic carbocycles. The van der Waals surface area contributed by atoms with Crippen LogP contribution in [0.25, 0.3) is 11.0 Å². The van der Waals surface area contributed by atoms with Crippen molar-refractivity contribution in [1.82, 2.24) is 20.6 Å². The predicted octanol–water partition coefficient (Wildman–Crippen LogP) is 12.2. The van der Waals surface area contributed by atoms with Gasteiger partial charge in [-0.05, 0) is 64.0 Å². The fourth-order valence-corrected chi connectivity index (χ4v) is 6.17. The number of aromatic amines is 1. The normalized spacial score (nSPS) is 11.5. The number of unbranched alkanes of at least 4 members (excludes halogenated alkanes) is 20. The van der Waals surface area contributed by atoms with Crippen molar-refractivity contribution in [2.75, 3.05) is 26.2 Å². The molecule has 296 valence electrons. The number of fused-ring (bicyclic) bond motifs is 1. The average Bonchev–Trinajstić information content (AvgIpc) is 3.56. The Balaban J connectivity index is 0.000000735. The van der Waals surface area contributed by atoms with E-state index in [9.17, 15) is 9.59 Å². The summed E-state index contributed by atoms with van der Waals surface area (Å²) in [5.41, 5.74) is 1.43. The largest absolute Gasteiger partial charge is 0.481 e. The first-order valence-corrected chi connectivity index (χ1v) is 21.7. The molecule has 0 saturated carbocycles. The molecule has 51 heavy (non-hydrogen) atoms. The molecule has 0 saturated heterocycles. The topological polar surface area (TPSA) is 107 Å². The van der Waals surface area contributed by atoms with E-state index in [4.69, 9.17) is 5.11 Å². The molecule has 0 fully saturated rings. The summed E-state index contributed by atoms with van der Waals surface area (Å²) in [4.78, 5) is 29.0. The van der Waals surface area contributed by atoms with Crippen LogP contribution in [0, 0.1) is 0 Å². The first kappa shape index (κ1) is 49.1. The number of hydrogen-bond donors (Lipinski definition) is 5. The van der Waals surface area contributed by atoms with E-state index in [-0.39, 0.29) is 12.2 Å². The molecule has 7 nitrogen and oxygen atoms in total. The van der Waals surface area contributed by atoms with E-state index in [1.54, 1.807) is 12.1 Å². The van der Waals surface area contributed by atoms with Crippen LogP contribution in [-0.4, -0.2) is 52.3 Å². The lowest BCUT2D eigenvalue weighted by Crippen LogP contribution is -2.16. The number of nitrogens with one attached hydrogen (secondary N) is 3. The summed E-state index contributed by atoms with van der Waals surface area (Å²) < 4.78 is 0. The van der Waals surface area contributed by atoms with Crippen molar-refractivity contribution >= 4 is 34.7 Å². The summed E-state index contributed by atoms with van der Waals surface area (Å²) in [6.45, 7) is 14.1. The summed E-state index contributed by atoms with van der Waals surface area (Å²) in [7, 11) is 0. The SMILES string of the molecule is CCCCCCCCNCCCCCCCC.CCCCCCCCNCCCCCCCC.O=C(S)CC(C(=O)O)c1nc2ccccc2[nH]1. The number of thiol groups is 1. The molecule has 0 aliphatic rings. The van der Waals surface area contributed by atoms with Gasteiger partial charge in [-0.1, -0.05) is 168 Å². The van der Waals surface area contributed by atoms with Crippen LogP contribution in [0.15, 0.2) is 24.3 Å². The molecule has 0 radical (unpaired) electrons. The van der Waals surface area contributed by atoms with E-state index in [1.165, 1.54) is 180 Å². The van der Waals surface area contributed by atoms with E-state index in [0.29, 0.717) is 5.52 Å². The Kier molecular flexibility index (Phi) is 36.4. The van der Waals surface area contributed by atoms with Crippen LogP contribution in [-0.2, 0) is 9.59 Å². The lowest BCUT2D eigenvalue weighted by molar-refractivity contribution is -0.140. The van der Waals surface area contributed by atoms with Gasteiger partial charge in [-0.25, -0.2) is 4.98 Å². The van der Waals surface area contributed by atoms with Crippen molar-refractivity contribution in [3.63, 3.8) is 0 Å². The van der Waals surface area contributed by atoms with E-state index in [0.717, 1.165) is 5.52 Å². The standard InChI is InChI=1S/2C16H35N.C11H10N2O3S/c2*1-3-5-7-9-11-13-15-17-16-14-12-10-8-6-4-2;14-9(17)5-6(11(15)16)10-12-7-3-1-2-4-8(7)13-10/h2*17H,3-16H2,1-2H3;1-4,6H,5H2,(H,12,13)(H,14,17)(H,15,16). The number of carboxylic acid groups (broad SMARTS) is 1. The zero-order chi connectivity index (χ0) is 37.6. The summed E-state index contributed by atoms with van der Waals surface area (Å²) in [5, 5.41) is 15.7. The molecule has 1 heterocycles. The lowest BCUT2D eigenvalue weighted by atomic mass is 10.1. The van der Waals surface area contributed by atoms with Gasteiger partial charge in [0, 0.05) is 6.42 Å². The predicted molar refractivity (Wildman–Crippen MR) is 224 cm³/mol. The van der Waals surface area contributed by atoms with Gasteiger partial charge in [-0.15, -0.1) is 12.6 Å². The van der Waals surface area contributed by atoms with Crippen LogP contribution >= 0.6 is 12.6 Å². The Morgan fingerprint density at radius 3 is 1.29 bits per heavy atom. The van der Waals surface area contributed by atoms with Crippen LogP contribution in [0.5, 0.6) is 0 Å². The number of benzene rings is 1. The van der Waals surface area contributed by atoms with Gasteiger partial charge in [0.25, 0.3) is 0 Å². The van der Waals surface area contributed by atoms with Gasteiger partial charge in [-0.2, -0.15) is 0 Å². The Hall–Kier alpha value is -1.90. The number of aliphatic carboxylic acids is 1. The van der Waals surface area contributed by atoms with Crippen LogP contribution in [0.3, 0.4) is 0 Å². The highest BCUT2D eigenvalue weighted by atomic mass is 32.1. The van der Waals surface area contributed by atoms with Gasteiger partial charge >= 0.3 is 5.97 Å². The number of carboxylic acids is 1. The summed E-state index contributed by atoms with van der Waals surface area (Å²) in [6, 6.07) is 7.21. The summed E-state index contributed by atoms with van der Waals surface area (Å²) >= 11 is 3.60. The second-order valence-corrected chi connectivity index (χ2v) is 14.7. The molecular weight excluding hydrogens is 653 g/mol. The first-order chi connectivity index (χ1) is 24.9. The van der Waals surface area contributed by atoms with Crippen molar-refractivity contribution < 1.29 is 14.7 Å². The highest BCUT2D eigenvalue weighted by Gasteiger charge is 2.25. The first-order valence-electron chi connectivity index (χ1n) is 21.2. The van der Waals surface area contributed by atoms with Crippen molar-refractivity contribution in [1.29, 1.82) is 0 Å². The number of H-pyrrole nitrogens is 1. The fourth-order valence-electron chi connectivity index (χ4n) is 5.98. The number of hydrogen-bond acceptors (Lipinski definition) is 5. The molecule has 0 aliphatic heterocycles. The zero-order valence-corrected chi connectivity index (χ0v) is 34.4. The number of imidazole rings is 1. The monoisotopic (exact) mass is 733 g/mol. The van der Waals surface area contributed by atoms with Crippen molar-refractivity contribution in [3.05, 3.63) is 30.1 Å². The molecule has 8 heteroatoms. The van der Waals surface area contributed by atoms with Gasteiger partial charge in [0.05, 0.1) is 11.0 Å². The Bertz CT molecular complexity index is 956. The minimum atomic E-state index is -1.09. The third kappa shape index (κ3) is 31.4. The van der Waals surface area contributed by atoms with Crippen LogP contribution < -0.4 is 10.6 Å². The number of rotatable bonds is 32. The maximum atomic E-state index is 11.1. The van der Waals surface area contributed by atoms with Gasteiger partial charge < -0.3 is 20.7 Å². The number of carbonyl (C=O) groups is 2. The van der Waals surface area contributed by atoms with Crippen molar-refractivity contribution in [2.24, 2.45) is 0 Å². The minimum Gasteiger partial charge on any atom is -0.481 e. The van der Waals surface area contributed by atoms with E-state index >= 15 is 0 Å². The number of aromatic nitrogens is 2. The summed E-state index contributed by atoms with van der Waals surface area (Å²) in [5.74, 6) is -1.79. The number of carbonyl (C=O) groups excluding carboxylic acids is 1. The molecule has 4 N–H and O–H groups in total. The smallest absolute Gasteiger partial charge is 0.314 e. The average molecular weight is 733 g/mol. The summed E-state index contributed by atoms with van der Waals surface area (Å²) in [6.07, 6.45) is 33.6. The van der Waals surface area contributed by atoms with E-state index in [2.05, 4.69) is 60.9 Å². The molecule has 2 aromatic rings.